The molecule has 4 aromatic carbocycles. The summed E-state index contributed by atoms with van der Waals surface area (Å²) in [5.74, 6) is -1.10. The lowest BCUT2D eigenvalue weighted by molar-refractivity contribution is -0.385. The molecule has 3 aliphatic rings. The number of unbranched alkanes of at least 4 members (excludes halogenated alkanes) is 2. The van der Waals surface area contributed by atoms with E-state index >= 15 is 0 Å². The van der Waals surface area contributed by atoms with Gasteiger partial charge in [0.2, 0.25) is 5.79 Å². The van der Waals surface area contributed by atoms with Crippen LogP contribution < -0.4 is 18.9 Å². The summed E-state index contributed by atoms with van der Waals surface area (Å²) in [7, 11) is 1.48. The predicted molar refractivity (Wildman–Crippen MR) is 257 cm³/mol. The molecule has 0 radical (unpaired) electrons. The summed E-state index contributed by atoms with van der Waals surface area (Å²) in [6.07, 6.45) is 8.17. The number of aliphatic hydroxyl groups excluding tert-OH is 2. The zero-order chi connectivity index (χ0) is 49.8. The fourth-order valence-corrected chi connectivity index (χ4v) is 10.0. The van der Waals surface area contributed by atoms with Crippen molar-refractivity contribution in [2.45, 2.75) is 82.6 Å². The van der Waals surface area contributed by atoms with Crippen LogP contribution in [0.15, 0.2) is 114 Å². The lowest BCUT2D eigenvalue weighted by Gasteiger charge is -2.59. The van der Waals surface area contributed by atoms with E-state index in [4.69, 9.17) is 33.7 Å². The summed E-state index contributed by atoms with van der Waals surface area (Å²) in [6, 6.07) is 20.7. The first-order chi connectivity index (χ1) is 34.0. The van der Waals surface area contributed by atoms with Gasteiger partial charge in [0.25, 0.3) is 11.4 Å². The van der Waals surface area contributed by atoms with Crippen LogP contribution >= 0.6 is 0 Å². The van der Waals surface area contributed by atoms with Crippen LogP contribution in [0, 0.1) is 38.0 Å². The quantitative estimate of drug-likeness (QED) is 0.0219. The summed E-state index contributed by atoms with van der Waals surface area (Å²) >= 11 is 0. The van der Waals surface area contributed by atoms with Gasteiger partial charge in [-0.3, -0.25) is 29.9 Å². The number of fused-ring (bicyclic) bond motifs is 2. The molecule has 1 amide bonds. The Morgan fingerprint density at radius 3 is 2.21 bits per heavy atom. The largest absolute Gasteiger partial charge is 0.496 e. The van der Waals surface area contributed by atoms with E-state index in [2.05, 4.69) is 12.7 Å². The van der Waals surface area contributed by atoms with Crippen LogP contribution in [-0.2, 0) is 16.2 Å². The SMILES string of the molecule is C=CCO[C@@]12Oc3ccc(Oc4ccc(OC)c(C=O)c4)cc3[C@H]3[C@H](CCCCO)[C@@H](CCCCO)C=C(C(=NOCc4ccc([N+](=O)[O-])cc4)C[C@@H]1N(CCC)C(=O)Oc1ccc([N+](=O)[O-])cc1)[C@H]32. The topological polar surface area (TPSA) is 232 Å². The molecule has 0 aromatic heterocycles. The second-order valence-electron chi connectivity index (χ2n) is 17.4. The Labute approximate surface area is 405 Å². The van der Waals surface area contributed by atoms with Crippen LogP contribution in [0.5, 0.6) is 28.7 Å². The van der Waals surface area contributed by atoms with E-state index in [9.17, 15) is 40.0 Å². The number of carbonyl (C=O) groups excluding carboxylic acids is 2. The molecule has 370 valence electrons. The second-order valence-corrected chi connectivity index (χ2v) is 17.4. The van der Waals surface area contributed by atoms with Gasteiger partial charge >= 0.3 is 6.09 Å². The van der Waals surface area contributed by atoms with Crippen LogP contribution in [-0.4, -0.2) is 88.4 Å². The molecule has 0 spiro atoms. The Balaban J connectivity index is 1.42. The zero-order valence-corrected chi connectivity index (χ0v) is 39.2. The van der Waals surface area contributed by atoms with E-state index < -0.39 is 39.6 Å². The number of aldehydes is 1. The van der Waals surface area contributed by atoms with Crippen molar-refractivity contribution in [1.29, 1.82) is 0 Å². The number of allylic oxidation sites excluding steroid dienone is 1. The molecular weight excluding hydrogens is 905 g/mol. The average molecular weight is 963 g/mol. The number of ether oxygens (including phenoxy) is 5. The highest BCUT2D eigenvalue weighted by atomic mass is 16.7. The van der Waals surface area contributed by atoms with Gasteiger partial charge < -0.3 is 38.7 Å². The van der Waals surface area contributed by atoms with E-state index in [1.807, 2.05) is 13.0 Å². The Bertz CT molecular complexity index is 2570. The molecule has 0 unspecified atom stereocenters. The minimum Gasteiger partial charge on any atom is -0.496 e. The van der Waals surface area contributed by atoms with Crippen molar-refractivity contribution in [3.63, 3.8) is 0 Å². The maximum Gasteiger partial charge on any atom is 0.415 e. The first-order valence-corrected chi connectivity index (χ1v) is 23.5. The van der Waals surface area contributed by atoms with E-state index in [1.54, 1.807) is 53.4 Å². The molecule has 70 heavy (non-hydrogen) atoms. The minimum absolute atomic E-state index is 0.000376. The van der Waals surface area contributed by atoms with E-state index in [-0.39, 0.29) is 68.4 Å². The predicted octanol–water partition coefficient (Wildman–Crippen LogP) is 9.86. The molecule has 0 bridgehead atoms. The Morgan fingerprint density at radius 1 is 0.914 bits per heavy atom. The maximum atomic E-state index is 14.7. The number of nitro benzene ring substituents is 2. The molecule has 1 heterocycles. The van der Waals surface area contributed by atoms with E-state index in [1.165, 1.54) is 43.5 Å². The van der Waals surface area contributed by atoms with Gasteiger partial charge in [0.1, 0.15) is 41.4 Å². The highest BCUT2D eigenvalue weighted by molar-refractivity contribution is 6.03. The number of nitro groups is 2. The summed E-state index contributed by atoms with van der Waals surface area (Å²) in [5, 5.41) is 47.7. The first kappa shape index (κ1) is 50.7. The summed E-state index contributed by atoms with van der Waals surface area (Å²) in [5.41, 5.74) is 2.75. The number of oxime groups is 1. The Kier molecular flexibility index (Phi) is 17.0. The highest BCUT2D eigenvalue weighted by Gasteiger charge is 2.65. The van der Waals surface area contributed by atoms with Crippen molar-refractivity contribution >= 4 is 29.5 Å². The summed E-state index contributed by atoms with van der Waals surface area (Å²) < 4.78 is 32.1. The van der Waals surface area contributed by atoms with Crippen LogP contribution in [0.25, 0.3) is 0 Å². The number of hydrogen-bond donors (Lipinski definition) is 2. The number of benzene rings is 4. The second kappa shape index (κ2) is 23.4. The lowest BCUT2D eigenvalue weighted by atomic mass is 9.55. The fraction of sp³-hybridized carbons (Fsp3) is 0.404. The van der Waals surface area contributed by atoms with Gasteiger partial charge in [0, 0.05) is 61.9 Å². The van der Waals surface area contributed by atoms with Gasteiger partial charge in [-0.1, -0.05) is 37.1 Å². The van der Waals surface area contributed by atoms with Crippen molar-refractivity contribution in [3.8, 4) is 28.7 Å². The molecule has 6 atom stereocenters. The molecule has 1 fully saturated rings. The molecule has 1 saturated carbocycles. The van der Waals surface area contributed by atoms with Gasteiger partial charge in [-0.05, 0) is 116 Å². The number of methoxy groups -OCH3 is 1. The third kappa shape index (κ3) is 11.1. The van der Waals surface area contributed by atoms with Gasteiger partial charge in [-0.2, -0.15) is 0 Å². The fourth-order valence-electron chi connectivity index (χ4n) is 10.0. The van der Waals surface area contributed by atoms with Crippen LogP contribution in [0.2, 0.25) is 0 Å². The molecule has 1 aliphatic heterocycles. The molecule has 2 N–H and O–H groups in total. The van der Waals surface area contributed by atoms with Crippen LogP contribution in [0.1, 0.15) is 85.7 Å². The van der Waals surface area contributed by atoms with Gasteiger partial charge in [0.15, 0.2) is 6.29 Å². The number of rotatable bonds is 24. The van der Waals surface area contributed by atoms with Crippen molar-refractivity contribution in [2.24, 2.45) is 22.9 Å². The van der Waals surface area contributed by atoms with E-state index in [0.29, 0.717) is 91.1 Å². The van der Waals surface area contributed by atoms with Gasteiger partial charge in [0.05, 0.1) is 40.8 Å². The lowest BCUT2D eigenvalue weighted by Crippen LogP contribution is -2.70. The van der Waals surface area contributed by atoms with Gasteiger partial charge in [-0.15, -0.1) is 6.58 Å². The molecule has 7 rings (SSSR count). The standard InChI is InChI=1S/C52H58N4O14/c1-4-24-54(51(60)69-39-18-16-38(17-19-39)56(63)64)48-31-45(53-67-33-34-12-14-37(15-13-34)55(61)62)43-29-35(10-6-8-25-57)42(11-7-9-26-58)49-44-30-41(68-40-20-22-46(65-3)36(28-40)32-59)21-23-47(44)70-52(48,50(43)49)66-27-5-2/h5,12-23,28-30,32,35,42,48-50,57-58H,2,4,6-11,24-27,31,33H2,1,3H3/t35-,42+,48-,49+,50+,52+/m0/s1. The molecular formula is C52H58N4O14. The maximum absolute atomic E-state index is 14.7. The monoisotopic (exact) mass is 962 g/mol. The molecule has 4 aromatic rings. The number of amides is 1. The van der Waals surface area contributed by atoms with E-state index in [0.717, 1.165) is 11.1 Å². The van der Waals surface area contributed by atoms with Crippen LogP contribution in [0.3, 0.4) is 0 Å². The third-order valence-electron chi connectivity index (χ3n) is 13.1. The smallest absolute Gasteiger partial charge is 0.415 e. The van der Waals surface area contributed by atoms with Crippen molar-refractivity contribution in [3.05, 3.63) is 146 Å². The minimum atomic E-state index is -1.62. The number of aliphatic hydroxyl groups is 2. The normalized spacial score (nSPS) is 21.5. The van der Waals surface area contributed by atoms with Crippen molar-refractivity contribution in [2.75, 3.05) is 33.5 Å². The number of carbonyl (C=O) groups is 2. The summed E-state index contributed by atoms with van der Waals surface area (Å²) in [6.45, 7) is 6.06. The highest BCUT2D eigenvalue weighted by Crippen LogP contribution is 2.62. The molecule has 18 nitrogen and oxygen atoms in total. The van der Waals surface area contributed by atoms with Crippen LogP contribution in [0.4, 0.5) is 16.2 Å². The Morgan fingerprint density at radius 2 is 1.57 bits per heavy atom. The zero-order valence-electron chi connectivity index (χ0n) is 39.2. The summed E-state index contributed by atoms with van der Waals surface area (Å²) in [4.78, 5) is 56.3. The van der Waals surface area contributed by atoms with Gasteiger partial charge in [-0.25, -0.2) is 4.79 Å². The number of hydrogen-bond acceptors (Lipinski definition) is 15. The Hall–Kier alpha value is -7.15. The first-order valence-electron chi connectivity index (χ1n) is 23.5. The van der Waals surface area contributed by atoms with Crippen molar-refractivity contribution in [1.82, 2.24) is 4.90 Å². The molecule has 18 heteroatoms. The average Bonchev–Trinajstić information content (AvgIpc) is 3.36. The molecule has 0 saturated heterocycles. The third-order valence-corrected chi connectivity index (χ3v) is 13.1. The number of nitrogens with zero attached hydrogens (tertiary/aromatic N) is 4. The van der Waals surface area contributed by atoms with Crippen molar-refractivity contribution < 1.29 is 58.2 Å². The number of non-ortho nitro benzene ring substituents is 2. The molecule has 2 aliphatic carbocycles.